The van der Waals surface area contributed by atoms with Crippen molar-refractivity contribution in [1.82, 2.24) is 4.98 Å². The number of Topliss-reactive ketones (excluding diaryl/α,β-unsaturated/α-hetero) is 1. The maximum Gasteiger partial charge on any atom is 0.301 e. The van der Waals surface area contributed by atoms with Crippen LogP contribution in [0.3, 0.4) is 0 Å². The van der Waals surface area contributed by atoms with Crippen molar-refractivity contribution in [3.05, 3.63) is 87.4 Å². The number of amides is 1. The van der Waals surface area contributed by atoms with E-state index in [2.05, 4.69) is 20.9 Å². The van der Waals surface area contributed by atoms with Crippen LogP contribution in [0.5, 0.6) is 11.5 Å². The number of hydrogen-bond acceptors (Lipinski definition) is 8. The number of ether oxygens (including phenoxy) is 2. The first-order valence-electron chi connectivity index (χ1n) is 12.2. The van der Waals surface area contributed by atoms with E-state index in [1.807, 2.05) is 49.4 Å². The van der Waals surface area contributed by atoms with E-state index in [1.165, 1.54) is 16.2 Å². The van der Waals surface area contributed by atoms with Gasteiger partial charge in [0.25, 0.3) is 11.8 Å². The predicted octanol–water partition coefficient (Wildman–Crippen LogP) is 5.86. The Balaban J connectivity index is 0.000000758. The number of nitrogens with zero attached hydrogens (tertiary/aromatic N) is 2. The summed E-state index contributed by atoms with van der Waals surface area (Å²) in [7, 11) is 0. The molecule has 1 unspecified atom stereocenters. The number of ketones is 1. The van der Waals surface area contributed by atoms with Crippen LogP contribution in [0.15, 0.2) is 70.7 Å². The van der Waals surface area contributed by atoms with Crippen LogP contribution in [0.1, 0.15) is 29.7 Å². The zero-order chi connectivity index (χ0) is 28.6. The number of carbonyl (C=O) groups excluding carboxylic acids is 2. The van der Waals surface area contributed by atoms with Gasteiger partial charge in [-0.05, 0) is 60.5 Å². The summed E-state index contributed by atoms with van der Waals surface area (Å²) in [4.78, 5) is 41.9. The van der Waals surface area contributed by atoms with Crippen LogP contribution >= 0.6 is 27.3 Å². The molecule has 40 heavy (non-hydrogen) atoms. The molecule has 2 N–H and O–H groups in total. The van der Waals surface area contributed by atoms with Gasteiger partial charge in [0.2, 0.25) is 0 Å². The van der Waals surface area contributed by atoms with Gasteiger partial charge in [-0.1, -0.05) is 45.5 Å². The highest BCUT2D eigenvalue weighted by molar-refractivity contribution is 9.10. The predicted molar refractivity (Wildman–Crippen MR) is 154 cm³/mol. The summed E-state index contributed by atoms with van der Waals surface area (Å²) in [6.07, 6.45) is 0. The topological polar surface area (TPSA) is 126 Å². The van der Waals surface area contributed by atoms with Crippen LogP contribution in [0, 0.1) is 6.92 Å². The highest BCUT2D eigenvalue weighted by atomic mass is 79.9. The fourth-order valence-electron chi connectivity index (χ4n) is 4.49. The van der Waals surface area contributed by atoms with Crippen molar-refractivity contribution in [2.45, 2.75) is 19.9 Å². The van der Waals surface area contributed by atoms with E-state index < -0.39 is 23.7 Å². The molecule has 1 aromatic heterocycles. The number of benzene rings is 3. The Kier molecular flexibility index (Phi) is 7.59. The highest BCUT2D eigenvalue weighted by Crippen LogP contribution is 2.45. The molecule has 3 aromatic carbocycles. The molecule has 6 rings (SSSR count). The minimum absolute atomic E-state index is 0.00906. The zero-order valence-corrected chi connectivity index (χ0v) is 23.8. The average Bonchev–Trinajstić information content (AvgIpc) is 3.45. The van der Waals surface area contributed by atoms with Crippen molar-refractivity contribution in [3.63, 3.8) is 0 Å². The number of aliphatic carboxylic acids is 1. The third-order valence-corrected chi connectivity index (χ3v) is 7.67. The summed E-state index contributed by atoms with van der Waals surface area (Å²) in [6, 6.07) is 17.3. The van der Waals surface area contributed by atoms with Gasteiger partial charge in [0.05, 0.1) is 21.8 Å². The Morgan fingerprint density at radius 1 is 1.02 bits per heavy atom. The second kappa shape index (κ2) is 11.1. The molecule has 204 valence electrons. The first-order valence-corrected chi connectivity index (χ1v) is 13.8. The van der Waals surface area contributed by atoms with Gasteiger partial charge in [0.15, 0.2) is 16.6 Å². The minimum Gasteiger partial charge on any atom is -0.507 e. The Morgan fingerprint density at radius 3 is 2.48 bits per heavy atom. The largest absolute Gasteiger partial charge is 0.507 e. The Bertz CT molecular complexity index is 1690. The standard InChI is InChI=1S/C27H19BrN2O5S.C2H4O2/c1-14-5-7-18-21(11-14)36-27(29-18)30-23(15-3-2-4-17(28)12-15)22(25(32)26(30)33)24(31)16-6-8-19-20(13-16)35-10-9-34-19;1-2(3)4/h2-8,11-13,23,31H,9-10H2,1H3;1H3,(H,3,4). The first kappa shape index (κ1) is 27.4. The molecule has 0 aliphatic carbocycles. The summed E-state index contributed by atoms with van der Waals surface area (Å²) >= 11 is 4.82. The molecule has 1 saturated heterocycles. The maximum absolute atomic E-state index is 13.4. The number of fused-ring (bicyclic) bond motifs is 2. The molecule has 1 fully saturated rings. The van der Waals surface area contributed by atoms with E-state index in [0.29, 0.717) is 41.0 Å². The Labute approximate surface area is 241 Å². The smallest absolute Gasteiger partial charge is 0.301 e. The summed E-state index contributed by atoms with van der Waals surface area (Å²) in [6.45, 7) is 3.89. The molecule has 0 radical (unpaired) electrons. The van der Waals surface area contributed by atoms with Crippen LogP contribution in [-0.4, -0.2) is 46.1 Å². The summed E-state index contributed by atoms with van der Waals surface area (Å²) < 4.78 is 12.9. The van der Waals surface area contributed by atoms with Crippen LogP contribution in [0.4, 0.5) is 5.13 Å². The Morgan fingerprint density at radius 2 is 1.75 bits per heavy atom. The number of aliphatic hydroxyl groups excluding tert-OH is 1. The van der Waals surface area contributed by atoms with Crippen LogP contribution in [0.25, 0.3) is 16.0 Å². The van der Waals surface area contributed by atoms with Crippen LogP contribution in [-0.2, 0) is 14.4 Å². The fraction of sp³-hybridized carbons (Fsp3) is 0.172. The van der Waals surface area contributed by atoms with Gasteiger partial charge in [0, 0.05) is 17.0 Å². The minimum atomic E-state index is -0.864. The number of carbonyl (C=O) groups is 3. The van der Waals surface area contributed by atoms with E-state index in [9.17, 15) is 14.7 Å². The second-order valence-corrected chi connectivity index (χ2v) is 11.0. The van der Waals surface area contributed by atoms with E-state index in [0.717, 1.165) is 27.2 Å². The molecule has 11 heteroatoms. The van der Waals surface area contributed by atoms with Crippen molar-refractivity contribution >= 4 is 66.0 Å². The lowest BCUT2D eigenvalue weighted by molar-refractivity contribution is -0.134. The van der Waals surface area contributed by atoms with Gasteiger partial charge in [-0.25, -0.2) is 4.98 Å². The molecule has 1 amide bonds. The number of aryl methyl sites for hydroxylation is 1. The normalized spacial score (nSPS) is 17.5. The van der Waals surface area contributed by atoms with E-state index in [4.69, 9.17) is 19.4 Å². The third kappa shape index (κ3) is 5.30. The van der Waals surface area contributed by atoms with Crippen molar-refractivity contribution in [2.24, 2.45) is 0 Å². The number of carboxylic acid groups (broad SMARTS) is 1. The van der Waals surface area contributed by atoms with Crippen LogP contribution < -0.4 is 14.4 Å². The first-order chi connectivity index (χ1) is 19.1. The number of rotatable bonds is 3. The second-order valence-electron chi connectivity index (χ2n) is 9.07. The molecule has 0 saturated carbocycles. The summed E-state index contributed by atoms with van der Waals surface area (Å²) in [5.74, 6) is -1.60. The SMILES string of the molecule is CC(=O)O.Cc1ccc2nc(N3C(=O)C(=O)C(=C(O)c4ccc5c(c4)OCCO5)C3c3cccc(Br)c3)sc2c1. The molecule has 0 spiro atoms. The van der Waals surface area contributed by atoms with Crippen molar-refractivity contribution in [3.8, 4) is 11.5 Å². The quantitative estimate of drug-likeness (QED) is 0.165. The van der Waals surface area contributed by atoms with E-state index in [1.54, 1.807) is 18.2 Å². The van der Waals surface area contributed by atoms with Gasteiger partial charge < -0.3 is 19.7 Å². The number of hydrogen-bond donors (Lipinski definition) is 2. The molecule has 2 aliphatic rings. The molecule has 2 aliphatic heterocycles. The number of anilines is 1. The number of thiazole rings is 1. The molecule has 3 heterocycles. The third-order valence-electron chi connectivity index (χ3n) is 6.16. The molecule has 0 bridgehead atoms. The average molecular weight is 623 g/mol. The fourth-order valence-corrected chi connectivity index (χ4v) is 6.00. The van der Waals surface area contributed by atoms with E-state index in [-0.39, 0.29) is 11.3 Å². The molecular weight excluding hydrogens is 600 g/mol. The van der Waals surface area contributed by atoms with E-state index >= 15 is 0 Å². The maximum atomic E-state index is 13.4. The van der Waals surface area contributed by atoms with Gasteiger partial charge in [-0.3, -0.25) is 19.3 Å². The van der Waals surface area contributed by atoms with Gasteiger partial charge >= 0.3 is 5.91 Å². The van der Waals surface area contributed by atoms with Crippen molar-refractivity contribution in [1.29, 1.82) is 0 Å². The van der Waals surface area contributed by atoms with Gasteiger partial charge in [-0.15, -0.1) is 0 Å². The van der Waals surface area contributed by atoms with Gasteiger partial charge in [-0.2, -0.15) is 0 Å². The summed E-state index contributed by atoms with van der Waals surface area (Å²) in [5.41, 5.74) is 2.82. The molecular formula is C29H23BrN2O7S. The van der Waals surface area contributed by atoms with Gasteiger partial charge in [0.1, 0.15) is 19.0 Å². The monoisotopic (exact) mass is 622 g/mol. The number of aliphatic hydroxyl groups is 1. The lowest BCUT2D eigenvalue weighted by atomic mass is 9.95. The lowest BCUT2D eigenvalue weighted by Gasteiger charge is -2.23. The molecule has 1 atom stereocenters. The Hall–Kier alpha value is -4.22. The summed E-state index contributed by atoms with van der Waals surface area (Å²) in [5, 5.41) is 19.2. The number of carboxylic acids is 1. The number of aromatic nitrogens is 1. The lowest BCUT2D eigenvalue weighted by Crippen LogP contribution is -2.29. The van der Waals surface area contributed by atoms with Crippen molar-refractivity contribution < 1.29 is 34.1 Å². The number of halogens is 1. The molecule has 4 aromatic rings. The van der Waals surface area contributed by atoms with Crippen molar-refractivity contribution in [2.75, 3.05) is 18.1 Å². The highest BCUT2D eigenvalue weighted by Gasteiger charge is 2.48. The molecule has 9 nitrogen and oxygen atoms in total. The zero-order valence-electron chi connectivity index (χ0n) is 21.4. The van der Waals surface area contributed by atoms with Crippen LogP contribution in [0.2, 0.25) is 0 Å².